The van der Waals surface area contributed by atoms with E-state index in [1.165, 1.54) is 31.7 Å². The first-order valence-corrected chi connectivity index (χ1v) is 11.9. The van der Waals surface area contributed by atoms with Crippen molar-refractivity contribution in [1.82, 2.24) is 10.4 Å². The number of benzene rings is 2. The minimum absolute atomic E-state index is 0.00591. The summed E-state index contributed by atoms with van der Waals surface area (Å²) in [6.07, 6.45) is 3.38. The second kappa shape index (κ2) is 10.8. The predicted molar refractivity (Wildman–Crippen MR) is 125 cm³/mol. The molecule has 1 amide bonds. The van der Waals surface area contributed by atoms with Gasteiger partial charge in [0.15, 0.2) is 6.04 Å². The van der Waals surface area contributed by atoms with E-state index in [0.29, 0.717) is 23.1 Å². The van der Waals surface area contributed by atoms with E-state index in [1.807, 2.05) is 0 Å². The summed E-state index contributed by atoms with van der Waals surface area (Å²) >= 11 is 0. The van der Waals surface area contributed by atoms with Crippen LogP contribution in [0.1, 0.15) is 83.7 Å². The zero-order valence-electron chi connectivity index (χ0n) is 19.8. The molecule has 1 N–H and O–H groups in total. The molecule has 0 spiro atoms. The highest BCUT2D eigenvalue weighted by Gasteiger charge is 2.53. The number of hydrogen-bond acceptors (Lipinski definition) is 3. The second-order valence-electron chi connectivity index (χ2n) is 9.51. The minimum Gasteiger partial charge on any atom is -0.493 e. The number of hydrazine groups is 1. The molecule has 0 unspecified atom stereocenters. The number of rotatable bonds is 11. The van der Waals surface area contributed by atoms with E-state index in [-0.39, 0.29) is 12.0 Å². The highest BCUT2D eigenvalue weighted by atomic mass is 19.4. The van der Waals surface area contributed by atoms with Crippen molar-refractivity contribution in [1.29, 1.82) is 0 Å². The van der Waals surface area contributed by atoms with Crippen molar-refractivity contribution in [3.63, 3.8) is 0 Å². The van der Waals surface area contributed by atoms with Gasteiger partial charge in [-0.2, -0.15) is 18.2 Å². The monoisotopic (exact) mass is 464 g/mol. The molecule has 4 nitrogen and oxygen atoms in total. The summed E-state index contributed by atoms with van der Waals surface area (Å²) in [5.74, 6) is 0.0385. The maximum Gasteiger partial charge on any atom is 0.409 e. The van der Waals surface area contributed by atoms with E-state index in [9.17, 15) is 18.0 Å². The Morgan fingerprint density at radius 1 is 1.03 bits per heavy atom. The molecule has 0 bridgehead atoms. The van der Waals surface area contributed by atoms with Crippen molar-refractivity contribution in [3.05, 3.63) is 42.0 Å². The van der Waals surface area contributed by atoms with Crippen molar-refractivity contribution in [2.24, 2.45) is 0 Å². The number of nitrogens with zero attached hydrogens (tertiary/aromatic N) is 1. The van der Waals surface area contributed by atoms with Crippen LogP contribution in [0.3, 0.4) is 0 Å². The van der Waals surface area contributed by atoms with Crippen LogP contribution < -0.4 is 10.2 Å². The van der Waals surface area contributed by atoms with Crippen molar-refractivity contribution in [3.8, 4) is 5.75 Å². The summed E-state index contributed by atoms with van der Waals surface area (Å²) in [5, 5.41) is 2.18. The second-order valence-corrected chi connectivity index (χ2v) is 9.51. The molecule has 33 heavy (non-hydrogen) atoms. The van der Waals surface area contributed by atoms with Gasteiger partial charge < -0.3 is 4.74 Å². The minimum atomic E-state index is -4.59. The molecular formula is C26H35F3N2O2. The summed E-state index contributed by atoms with van der Waals surface area (Å²) in [6, 6.07) is 8.25. The topological polar surface area (TPSA) is 41.6 Å². The number of alkyl halides is 3. The molecule has 0 aliphatic carbocycles. The zero-order valence-corrected chi connectivity index (χ0v) is 19.8. The third kappa shape index (κ3) is 6.19. The lowest BCUT2D eigenvalue weighted by Crippen LogP contribution is -2.51. The standard InChI is InChI=1S/C26H35F3N2O2/c1-4-5-6-7-8-9-10-17-33-21-16-12-14-19-13-11-15-20(23(19)21)24(26(27,28)29)31-25(2,3)18-22(32)30-31/h11-16,24H,4-10,17-18H2,1-3H3,(H,30,32)/t24-/m0/s1. The quantitative estimate of drug-likeness (QED) is 0.361. The van der Waals surface area contributed by atoms with Gasteiger partial charge in [-0.05, 0) is 37.3 Å². The Morgan fingerprint density at radius 2 is 1.67 bits per heavy atom. The van der Waals surface area contributed by atoms with Crippen LogP contribution in [0.4, 0.5) is 13.2 Å². The van der Waals surface area contributed by atoms with Crippen LogP contribution in [-0.2, 0) is 4.79 Å². The lowest BCUT2D eigenvalue weighted by molar-refractivity contribution is -0.203. The van der Waals surface area contributed by atoms with Crippen molar-refractivity contribution >= 4 is 16.7 Å². The number of unbranched alkanes of at least 4 members (excludes halogenated alkanes) is 6. The van der Waals surface area contributed by atoms with Crippen LogP contribution in [0.15, 0.2) is 36.4 Å². The highest BCUT2D eigenvalue weighted by molar-refractivity contribution is 5.92. The number of fused-ring (bicyclic) bond motifs is 1. The van der Waals surface area contributed by atoms with Crippen LogP contribution in [0.25, 0.3) is 10.8 Å². The van der Waals surface area contributed by atoms with Crippen LogP contribution in [0, 0.1) is 0 Å². The molecule has 7 heteroatoms. The molecule has 0 radical (unpaired) electrons. The average Bonchev–Trinajstić information content (AvgIpc) is 3.00. The molecule has 1 aliphatic heterocycles. The average molecular weight is 465 g/mol. The van der Waals surface area contributed by atoms with E-state index < -0.39 is 23.7 Å². The normalized spacial score (nSPS) is 17.3. The summed E-state index contributed by atoms with van der Waals surface area (Å²) in [5.41, 5.74) is 1.56. The Balaban J connectivity index is 1.86. The highest BCUT2D eigenvalue weighted by Crippen LogP contribution is 2.46. The SMILES string of the molecule is CCCCCCCCCOc1cccc2cccc([C@H](N3NC(=O)CC3(C)C)C(F)(F)F)c12. The molecule has 3 rings (SSSR count). The Bertz CT molecular complexity index is 938. The van der Waals surface area contributed by atoms with Gasteiger partial charge in [0.05, 0.1) is 6.61 Å². The number of carbonyl (C=O) groups is 1. The van der Waals surface area contributed by atoms with Gasteiger partial charge in [-0.1, -0.05) is 75.8 Å². The van der Waals surface area contributed by atoms with Gasteiger partial charge in [0.2, 0.25) is 5.91 Å². The van der Waals surface area contributed by atoms with Crippen molar-refractivity contribution in [2.75, 3.05) is 6.61 Å². The van der Waals surface area contributed by atoms with Gasteiger partial charge in [0.25, 0.3) is 0 Å². The van der Waals surface area contributed by atoms with Gasteiger partial charge >= 0.3 is 6.18 Å². The molecule has 0 aromatic heterocycles. The smallest absolute Gasteiger partial charge is 0.409 e. The van der Waals surface area contributed by atoms with E-state index >= 15 is 0 Å². The predicted octanol–water partition coefficient (Wildman–Crippen LogP) is 7.09. The zero-order chi connectivity index (χ0) is 24.1. The first-order chi connectivity index (χ1) is 15.6. The largest absolute Gasteiger partial charge is 0.493 e. The Kier molecular flexibility index (Phi) is 8.27. The van der Waals surface area contributed by atoms with Gasteiger partial charge in [0, 0.05) is 17.3 Å². The fourth-order valence-corrected chi connectivity index (χ4v) is 4.60. The Hall–Kier alpha value is -2.28. The van der Waals surface area contributed by atoms with Crippen LogP contribution in [0.5, 0.6) is 5.75 Å². The number of hydrogen-bond donors (Lipinski definition) is 1. The van der Waals surface area contributed by atoms with Crippen LogP contribution in [0.2, 0.25) is 0 Å². The first kappa shape index (κ1) is 25.3. The van der Waals surface area contributed by atoms with Gasteiger partial charge in [-0.3, -0.25) is 10.2 Å². The number of ether oxygens (including phenoxy) is 1. The number of nitrogens with one attached hydrogen (secondary N) is 1. The van der Waals surface area contributed by atoms with Crippen molar-refractivity contribution < 1.29 is 22.7 Å². The molecule has 1 saturated heterocycles. The molecule has 1 fully saturated rings. The van der Waals surface area contributed by atoms with E-state index in [4.69, 9.17) is 4.74 Å². The van der Waals surface area contributed by atoms with Crippen LogP contribution in [-0.4, -0.2) is 29.2 Å². The molecule has 2 aromatic rings. The molecule has 1 aliphatic rings. The third-order valence-corrected chi connectivity index (χ3v) is 6.26. The lowest BCUT2D eigenvalue weighted by Gasteiger charge is -2.38. The molecule has 1 atom stereocenters. The number of carbonyl (C=O) groups excluding carboxylic acids is 1. The summed E-state index contributed by atoms with van der Waals surface area (Å²) < 4.78 is 49.3. The molecule has 2 aromatic carbocycles. The summed E-state index contributed by atoms with van der Waals surface area (Å²) in [7, 11) is 0. The Morgan fingerprint density at radius 3 is 2.27 bits per heavy atom. The molecule has 1 heterocycles. The summed E-state index contributed by atoms with van der Waals surface area (Å²) in [4.78, 5) is 12.0. The fourth-order valence-electron chi connectivity index (χ4n) is 4.60. The van der Waals surface area contributed by atoms with Crippen molar-refractivity contribution in [2.45, 2.75) is 89.9 Å². The van der Waals surface area contributed by atoms with Gasteiger partial charge in [-0.15, -0.1) is 0 Å². The van der Waals surface area contributed by atoms with Gasteiger partial charge in [-0.25, -0.2) is 0 Å². The number of halogens is 3. The molecule has 0 saturated carbocycles. The van der Waals surface area contributed by atoms with E-state index in [1.54, 1.807) is 44.2 Å². The lowest BCUT2D eigenvalue weighted by atomic mass is 9.93. The summed E-state index contributed by atoms with van der Waals surface area (Å²) in [6.45, 7) is 5.94. The fraction of sp³-hybridized carbons (Fsp3) is 0.577. The molecule has 182 valence electrons. The van der Waals surface area contributed by atoms with E-state index in [2.05, 4.69) is 12.3 Å². The first-order valence-electron chi connectivity index (χ1n) is 11.9. The van der Waals surface area contributed by atoms with E-state index in [0.717, 1.165) is 24.3 Å². The maximum atomic E-state index is 14.4. The van der Waals surface area contributed by atoms with Gasteiger partial charge in [0.1, 0.15) is 5.75 Å². The number of amides is 1. The molecular weight excluding hydrogens is 429 g/mol. The maximum absolute atomic E-state index is 14.4. The third-order valence-electron chi connectivity index (χ3n) is 6.26. The Labute approximate surface area is 194 Å². The van der Waals surface area contributed by atoms with Crippen LogP contribution >= 0.6 is 0 Å².